The molecular formula is C36H34F4N2Ti. The van der Waals surface area contributed by atoms with Crippen molar-refractivity contribution in [2.75, 3.05) is 0 Å². The van der Waals surface area contributed by atoms with Gasteiger partial charge in [0.05, 0.1) is 0 Å². The maximum atomic E-state index is 13.4. The molecule has 2 nitrogen and oxygen atoms in total. The molecule has 0 amide bonds. The van der Waals surface area contributed by atoms with Gasteiger partial charge in [-0.15, -0.1) is 48.2 Å². The zero-order chi connectivity index (χ0) is 30.2. The molecule has 43 heavy (non-hydrogen) atoms. The molecular weight excluding hydrogens is 584 g/mol. The van der Waals surface area contributed by atoms with Crippen LogP contribution in [0, 0.1) is 47.6 Å². The quantitative estimate of drug-likeness (QED) is 0.116. The second-order valence-corrected chi connectivity index (χ2v) is 9.72. The fraction of sp³-hybridized carbons (Fsp3) is 0.222. The van der Waals surface area contributed by atoms with Crippen molar-refractivity contribution in [1.82, 2.24) is 9.13 Å². The van der Waals surface area contributed by atoms with Gasteiger partial charge in [-0.05, 0) is 36.1 Å². The molecule has 0 spiro atoms. The summed E-state index contributed by atoms with van der Waals surface area (Å²) >= 11 is 0. The summed E-state index contributed by atoms with van der Waals surface area (Å²) in [6, 6.07) is 17.2. The van der Waals surface area contributed by atoms with Crippen molar-refractivity contribution in [2.24, 2.45) is 0 Å². The van der Waals surface area contributed by atoms with E-state index in [0.717, 1.165) is 12.8 Å². The van der Waals surface area contributed by atoms with Crippen LogP contribution in [0.25, 0.3) is 0 Å². The van der Waals surface area contributed by atoms with Gasteiger partial charge in [-0.3, -0.25) is 12.2 Å². The standard InChI is InChI=1S/2C13H12F2N.2C5H5.Ti/c2*1-10(9-16-6-2-3-7-16)12-5-4-11(14)8-13(12)15;2*1-2-4-5-3-1;/h2*2-7,10H,9H2,1H3;2*1-3H,4H2;/q4*-1;+4. The summed E-state index contributed by atoms with van der Waals surface area (Å²) in [5.41, 5.74) is 0.991. The molecule has 2 unspecified atom stereocenters. The van der Waals surface area contributed by atoms with E-state index in [1.807, 2.05) is 96.3 Å². The molecule has 2 atom stereocenters. The van der Waals surface area contributed by atoms with Gasteiger partial charge in [-0.1, -0.05) is 13.8 Å². The fourth-order valence-electron chi connectivity index (χ4n) is 4.16. The molecule has 0 saturated heterocycles. The predicted molar refractivity (Wildman–Crippen MR) is 159 cm³/mol. The molecule has 0 radical (unpaired) electrons. The van der Waals surface area contributed by atoms with Crippen LogP contribution in [-0.2, 0) is 34.8 Å². The Bertz CT molecular complexity index is 1320. The van der Waals surface area contributed by atoms with E-state index < -0.39 is 23.3 Å². The van der Waals surface area contributed by atoms with Crippen molar-refractivity contribution in [3.05, 3.63) is 168 Å². The third-order valence-electron chi connectivity index (χ3n) is 6.32. The number of hydrogen-bond acceptors (Lipinski definition) is 0. The third kappa shape index (κ3) is 13.1. The summed E-state index contributed by atoms with van der Waals surface area (Å²) in [4.78, 5) is 0. The second-order valence-electron chi connectivity index (χ2n) is 9.72. The van der Waals surface area contributed by atoms with Gasteiger partial charge in [0.15, 0.2) is 0 Å². The number of nitrogens with zero attached hydrogens (tertiary/aromatic N) is 2. The molecule has 2 aliphatic rings. The molecule has 2 aromatic heterocycles. The van der Waals surface area contributed by atoms with Gasteiger partial charge in [0.2, 0.25) is 0 Å². The molecule has 7 heteroatoms. The average Bonchev–Trinajstić information content (AvgIpc) is 3.79. The Morgan fingerprint density at radius 2 is 1.00 bits per heavy atom. The third-order valence-corrected chi connectivity index (χ3v) is 6.32. The van der Waals surface area contributed by atoms with Crippen molar-refractivity contribution >= 4 is 0 Å². The van der Waals surface area contributed by atoms with Crippen molar-refractivity contribution < 1.29 is 39.3 Å². The van der Waals surface area contributed by atoms with E-state index in [2.05, 4.69) is 36.4 Å². The maximum absolute atomic E-state index is 13.4. The van der Waals surface area contributed by atoms with E-state index in [1.165, 1.54) is 24.3 Å². The maximum Gasteiger partial charge on any atom is 4.00 e. The van der Waals surface area contributed by atoms with Crippen LogP contribution in [0.15, 0.2) is 110 Å². The van der Waals surface area contributed by atoms with Crippen molar-refractivity contribution in [3.8, 4) is 0 Å². The van der Waals surface area contributed by atoms with Crippen LogP contribution in [0.3, 0.4) is 0 Å². The monoisotopic (exact) mass is 618 g/mol. The van der Waals surface area contributed by atoms with Crippen molar-refractivity contribution in [2.45, 2.75) is 51.6 Å². The SMILES string of the molecule is CC(Cn1cccc1)c1ccc(F)[c-]c1F.CC(Cn1cccc1)c1ccc(F)[c-]c1F.[C-]1=CC=CC1.[C-]1=CC=CC1.[Ti+4]. The summed E-state index contributed by atoms with van der Waals surface area (Å²) in [6.07, 6.45) is 27.7. The minimum atomic E-state index is -0.658. The first-order valence-corrected chi connectivity index (χ1v) is 13.7. The zero-order valence-corrected chi connectivity index (χ0v) is 25.8. The fourth-order valence-corrected chi connectivity index (χ4v) is 4.16. The van der Waals surface area contributed by atoms with E-state index in [-0.39, 0.29) is 33.6 Å². The normalized spacial score (nSPS) is 13.5. The minimum Gasteiger partial charge on any atom is -0.355 e. The molecule has 0 saturated carbocycles. The molecule has 2 aromatic carbocycles. The van der Waals surface area contributed by atoms with E-state index in [4.69, 9.17) is 0 Å². The largest absolute Gasteiger partial charge is 4.00 e. The summed E-state index contributed by atoms with van der Waals surface area (Å²) in [5.74, 6) is -2.53. The van der Waals surface area contributed by atoms with Gasteiger partial charge in [0, 0.05) is 61.1 Å². The van der Waals surface area contributed by atoms with Crippen LogP contribution < -0.4 is 0 Å². The topological polar surface area (TPSA) is 9.86 Å². The van der Waals surface area contributed by atoms with Crippen molar-refractivity contribution in [1.29, 1.82) is 0 Å². The summed E-state index contributed by atoms with van der Waals surface area (Å²) in [6.45, 7) is 5.15. The van der Waals surface area contributed by atoms with Crippen LogP contribution in [0.5, 0.6) is 0 Å². The molecule has 0 fully saturated rings. The molecule has 220 valence electrons. The van der Waals surface area contributed by atoms with Crippen LogP contribution in [0.4, 0.5) is 17.6 Å². The summed E-state index contributed by atoms with van der Waals surface area (Å²) in [5, 5.41) is 0. The summed E-state index contributed by atoms with van der Waals surface area (Å²) in [7, 11) is 0. The average molecular weight is 619 g/mol. The molecule has 4 aromatic rings. The van der Waals surface area contributed by atoms with Gasteiger partial charge >= 0.3 is 21.7 Å². The van der Waals surface area contributed by atoms with E-state index >= 15 is 0 Å². The number of rotatable bonds is 6. The summed E-state index contributed by atoms with van der Waals surface area (Å²) < 4.78 is 56.2. The Morgan fingerprint density at radius 1 is 0.628 bits per heavy atom. The van der Waals surface area contributed by atoms with E-state index in [1.54, 1.807) is 0 Å². The van der Waals surface area contributed by atoms with E-state index in [0.29, 0.717) is 24.2 Å². The van der Waals surface area contributed by atoms with Gasteiger partial charge < -0.3 is 9.13 Å². The molecule has 2 aliphatic carbocycles. The van der Waals surface area contributed by atoms with Gasteiger partial charge in [0.25, 0.3) is 0 Å². The Hall–Kier alpha value is -3.61. The number of halogens is 4. The minimum absolute atomic E-state index is 0. The molecule has 6 rings (SSSR count). The zero-order valence-electron chi connectivity index (χ0n) is 24.3. The van der Waals surface area contributed by atoms with Crippen LogP contribution in [-0.4, -0.2) is 9.13 Å². The Kier molecular flexibility index (Phi) is 16.2. The predicted octanol–water partition coefficient (Wildman–Crippen LogP) is 9.35. The number of allylic oxidation sites excluding steroid dienone is 8. The molecule has 2 heterocycles. The van der Waals surface area contributed by atoms with Crippen LogP contribution in [0.2, 0.25) is 0 Å². The molecule has 0 bridgehead atoms. The Labute approximate surface area is 267 Å². The van der Waals surface area contributed by atoms with Gasteiger partial charge in [0.1, 0.15) is 0 Å². The number of benzene rings is 2. The molecule has 0 N–H and O–H groups in total. The Balaban J connectivity index is 0.000000223. The number of aromatic nitrogens is 2. The Morgan fingerprint density at radius 3 is 1.26 bits per heavy atom. The van der Waals surface area contributed by atoms with Crippen LogP contribution >= 0.6 is 0 Å². The first-order chi connectivity index (χ1) is 20.3. The smallest absolute Gasteiger partial charge is 0.355 e. The van der Waals surface area contributed by atoms with E-state index in [9.17, 15) is 17.6 Å². The second kappa shape index (κ2) is 19.6. The first-order valence-electron chi connectivity index (χ1n) is 13.7. The molecule has 0 aliphatic heterocycles. The van der Waals surface area contributed by atoms with Gasteiger partial charge in [-0.25, -0.2) is 41.9 Å². The first kappa shape index (κ1) is 35.6. The number of hydrogen-bond donors (Lipinski definition) is 0. The van der Waals surface area contributed by atoms with Gasteiger partial charge in [-0.2, -0.15) is 24.3 Å². The van der Waals surface area contributed by atoms with Crippen molar-refractivity contribution in [3.63, 3.8) is 0 Å². The van der Waals surface area contributed by atoms with Crippen LogP contribution in [0.1, 0.15) is 49.7 Å².